The van der Waals surface area contributed by atoms with Gasteiger partial charge in [0.2, 0.25) is 11.8 Å². The first-order chi connectivity index (χ1) is 21.8. The number of amides is 2. The molecule has 0 bridgehead atoms. The lowest BCUT2D eigenvalue weighted by Gasteiger charge is -2.41. The number of phenolic OH excluding ortho intramolecular Hbond substituents is 1. The lowest BCUT2D eigenvalue weighted by Crippen LogP contribution is -2.54. The number of carbonyl (C=O) groups excluding carboxylic acids is 2. The van der Waals surface area contributed by atoms with Gasteiger partial charge in [0, 0.05) is 76.0 Å². The van der Waals surface area contributed by atoms with Crippen LogP contribution in [0.5, 0.6) is 5.75 Å². The van der Waals surface area contributed by atoms with Crippen LogP contribution in [-0.4, -0.2) is 95.1 Å². The largest absolute Gasteiger partial charge is 0.507 e. The van der Waals surface area contributed by atoms with Crippen molar-refractivity contribution in [3.8, 4) is 5.75 Å². The Morgan fingerprint density at radius 1 is 0.911 bits per heavy atom. The van der Waals surface area contributed by atoms with Crippen molar-refractivity contribution < 1.29 is 19.4 Å². The molecule has 240 valence electrons. The van der Waals surface area contributed by atoms with Gasteiger partial charge in [-0.1, -0.05) is 30.3 Å². The summed E-state index contributed by atoms with van der Waals surface area (Å²) in [6, 6.07) is 14.2. The maximum Gasteiger partial charge on any atom is 0.251 e. The zero-order valence-corrected chi connectivity index (χ0v) is 26.6. The number of aromatic nitrogens is 1. The van der Waals surface area contributed by atoms with Crippen molar-refractivity contribution >= 4 is 22.7 Å². The molecule has 9 nitrogen and oxygen atoms in total. The molecule has 3 aliphatic rings. The van der Waals surface area contributed by atoms with Crippen LogP contribution in [0, 0.1) is 19.8 Å². The third-order valence-corrected chi connectivity index (χ3v) is 10.2. The van der Waals surface area contributed by atoms with E-state index in [-0.39, 0.29) is 35.5 Å². The summed E-state index contributed by atoms with van der Waals surface area (Å²) < 4.78 is 5.54. The van der Waals surface area contributed by atoms with E-state index in [1.807, 2.05) is 66.1 Å². The number of piperidine rings is 1. The number of ether oxygens (including phenoxy) is 1. The van der Waals surface area contributed by atoms with Crippen molar-refractivity contribution in [2.45, 2.75) is 64.3 Å². The van der Waals surface area contributed by atoms with Crippen molar-refractivity contribution in [1.82, 2.24) is 19.7 Å². The lowest BCUT2D eigenvalue weighted by atomic mass is 9.88. The summed E-state index contributed by atoms with van der Waals surface area (Å²) in [5.41, 5.74) is 4.08. The average Bonchev–Trinajstić information content (AvgIpc) is 3.06. The maximum atomic E-state index is 14.1. The van der Waals surface area contributed by atoms with Gasteiger partial charge in [0.1, 0.15) is 5.75 Å². The molecule has 0 saturated carbocycles. The number of fused-ring (bicyclic) bond motifs is 1. The fourth-order valence-electron chi connectivity index (χ4n) is 7.56. The smallest absolute Gasteiger partial charge is 0.251 e. The highest BCUT2D eigenvalue weighted by Crippen LogP contribution is 2.30. The van der Waals surface area contributed by atoms with Gasteiger partial charge in [-0.15, -0.1) is 0 Å². The van der Waals surface area contributed by atoms with Crippen LogP contribution in [0.2, 0.25) is 0 Å². The van der Waals surface area contributed by atoms with Crippen LogP contribution < -0.4 is 5.56 Å². The van der Waals surface area contributed by atoms with Crippen LogP contribution >= 0.6 is 0 Å². The normalized spacial score (nSPS) is 19.6. The molecular formula is C36H46N4O5. The standard InChI is InChI=1S/C36H46N4O5/c1-24-19-26(20-25(2)34(24)42)21-29(36(44)40-15-13-38(14-16-40)30-9-17-45-18-10-30)23-33(41)39-11-7-27(8-12-39)31-22-28-5-3-4-6-32(28)37-35(31)43/h3-6,19-20,22,27,29-30,42H,7-18,21,23H2,1-2H3,(H,37,43)/t29-/m0/s1. The minimum Gasteiger partial charge on any atom is -0.507 e. The summed E-state index contributed by atoms with van der Waals surface area (Å²) in [6.45, 7) is 9.50. The summed E-state index contributed by atoms with van der Waals surface area (Å²) in [5.74, 6) is -0.0791. The summed E-state index contributed by atoms with van der Waals surface area (Å²) >= 11 is 0. The molecule has 45 heavy (non-hydrogen) atoms. The molecule has 3 saturated heterocycles. The van der Waals surface area contributed by atoms with Gasteiger partial charge in [0.15, 0.2) is 0 Å². The van der Waals surface area contributed by atoms with Gasteiger partial charge in [-0.05, 0) is 86.1 Å². The first-order valence-corrected chi connectivity index (χ1v) is 16.6. The van der Waals surface area contributed by atoms with E-state index in [0.717, 1.165) is 85.1 Å². The number of aromatic amines is 1. The number of para-hydroxylation sites is 1. The Hall–Kier alpha value is -3.69. The molecule has 6 rings (SSSR count). The van der Waals surface area contributed by atoms with Gasteiger partial charge in [0.25, 0.3) is 5.56 Å². The predicted molar refractivity (Wildman–Crippen MR) is 175 cm³/mol. The Morgan fingerprint density at radius 3 is 2.27 bits per heavy atom. The number of nitrogens with one attached hydrogen (secondary N) is 1. The van der Waals surface area contributed by atoms with Crippen LogP contribution in [0.4, 0.5) is 0 Å². The average molecular weight is 615 g/mol. The van der Waals surface area contributed by atoms with Crippen molar-refractivity contribution in [3.63, 3.8) is 0 Å². The Balaban J connectivity index is 1.12. The number of carbonyl (C=O) groups is 2. The maximum absolute atomic E-state index is 14.1. The number of hydrogen-bond acceptors (Lipinski definition) is 6. The molecule has 1 aromatic heterocycles. The monoisotopic (exact) mass is 614 g/mol. The van der Waals surface area contributed by atoms with Gasteiger partial charge in [-0.3, -0.25) is 19.3 Å². The third kappa shape index (κ3) is 7.10. The van der Waals surface area contributed by atoms with Gasteiger partial charge in [-0.25, -0.2) is 0 Å². The second kappa shape index (κ2) is 13.7. The van der Waals surface area contributed by atoms with Crippen molar-refractivity contribution in [1.29, 1.82) is 0 Å². The number of rotatable bonds is 7. The van der Waals surface area contributed by atoms with E-state index in [1.165, 1.54) is 0 Å². The minimum absolute atomic E-state index is 0.00714. The highest BCUT2D eigenvalue weighted by atomic mass is 16.5. The first-order valence-electron chi connectivity index (χ1n) is 16.6. The van der Waals surface area contributed by atoms with E-state index in [0.29, 0.717) is 38.6 Å². The van der Waals surface area contributed by atoms with Gasteiger partial charge < -0.3 is 24.6 Å². The molecule has 2 N–H and O–H groups in total. The molecule has 3 fully saturated rings. The van der Waals surface area contributed by atoms with E-state index in [4.69, 9.17) is 4.74 Å². The van der Waals surface area contributed by atoms with Gasteiger partial charge >= 0.3 is 0 Å². The zero-order valence-electron chi connectivity index (χ0n) is 26.6. The molecular weight excluding hydrogens is 568 g/mol. The van der Waals surface area contributed by atoms with Crippen molar-refractivity contribution in [2.24, 2.45) is 5.92 Å². The summed E-state index contributed by atoms with van der Waals surface area (Å²) in [7, 11) is 0. The molecule has 0 spiro atoms. The van der Waals surface area contributed by atoms with E-state index in [9.17, 15) is 19.5 Å². The highest BCUT2D eigenvalue weighted by Gasteiger charge is 2.34. The number of piperazine rings is 1. The Kier molecular flexibility index (Phi) is 9.56. The van der Waals surface area contributed by atoms with E-state index < -0.39 is 5.92 Å². The first kappa shape index (κ1) is 31.3. The number of pyridine rings is 1. The molecule has 2 aromatic carbocycles. The predicted octanol–water partition coefficient (Wildman–Crippen LogP) is 4.13. The molecule has 2 amide bonds. The number of benzene rings is 2. The number of likely N-dealkylation sites (tertiary alicyclic amines) is 1. The van der Waals surface area contributed by atoms with Crippen molar-refractivity contribution in [3.05, 3.63) is 75.1 Å². The zero-order chi connectivity index (χ0) is 31.5. The number of nitrogens with zero attached hydrogens (tertiary/aromatic N) is 3. The number of phenols is 1. The quantitative estimate of drug-likeness (QED) is 0.415. The molecule has 1 atom stereocenters. The highest BCUT2D eigenvalue weighted by molar-refractivity contribution is 5.86. The fourth-order valence-corrected chi connectivity index (χ4v) is 7.56. The third-order valence-electron chi connectivity index (χ3n) is 10.2. The molecule has 4 heterocycles. The van der Waals surface area contributed by atoms with Gasteiger partial charge in [-0.2, -0.15) is 0 Å². The van der Waals surface area contributed by atoms with E-state index in [1.54, 1.807) is 0 Å². The van der Waals surface area contributed by atoms with Crippen molar-refractivity contribution in [2.75, 3.05) is 52.5 Å². The second-order valence-corrected chi connectivity index (χ2v) is 13.2. The Labute approximate surface area is 265 Å². The molecule has 3 aliphatic heterocycles. The molecule has 9 heteroatoms. The van der Waals surface area contributed by atoms with Crippen LogP contribution in [0.15, 0.2) is 47.3 Å². The topological polar surface area (TPSA) is 106 Å². The lowest BCUT2D eigenvalue weighted by molar-refractivity contribution is -0.143. The second-order valence-electron chi connectivity index (χ2n) is 13.2. The van der Waals surface area contributed by atoms with E-state index >= 15 is 0 Å². The van der Waals surface area contributed by atoms with Crippen LogP contribution in [0.1, 0.15) is 60.3 Å². The Bertz CT molecular complexity index is 1560. The minimum atomic E-state index is -0.475. The Morgan fingerprint density at radius 2 is 1.58 bits per heavy atom. The molecule has 0 aliphatic carbocycles. The summed E-state index contributed by atoms with van der Waals surface area (Å²) in [4.78, 5) is 50.0. The SMILES string of the molecule is Cc1cc(C[C@@H](CC(=O)N2CCC(c3cc4ccccc4[nH]c3=O)CC2)C(=O)N2CCN(C3CCOCC3)CC2)cc(C)c1O. The van der Waals surface area contributed by atoms with Gasteiger partial charge in [0.05, 0.1) is 5.92 Å². The number of aryl methyl sites for hydroxylation is 2. The van der Waals surface area contributed by atoms with Crippen LogP contribution in [0.3, 0.4) is 0 Å². The molecule has 0 unspecified atom stereocenters. The summed E-state index contributed by atoms with van der Waals surface area (Å²) in [5, 5.41) is 11.3. The van der Waals surface area contributed by atoms with Crippen LogP contribution in [0.25, 0.3) is 10.9 Å². The van der Waals surface area contributed by atoms with Crippen LogP contribution in [-0.2, 0) is 20.7 Å². The van der Waals surface area contributed by atoms with E-state index in [2.05, 4.69) is 9.88 Å². The number of hydrogen-bond donors (Lipinski definition) is 2. The summed E-state index contributed by atoms with van der Waals surface area (Å²) in [6.07, 6.45) is 4.12. The molecule has 3 aromatic rings. The molecule has 0 radical (unpaired) electrons. The fraction of sp³-hybridized carbons (Fsp3) is 0.528. The number of H-pyrrole nitrogens is 1. The number of aromatic hydroxyl groups is 1.